The van der Waals surface area contributed by atoms with Crippen molar-refractivity contribution in [2.24, 2.45) is 0 Å². The van der Waals surface area contributed by atoms with Gasteiger partial charge in [0.2, 0.25) is 0 Å². The van der Waals surface area contributed by atoms with Crippen LogP contribution in [0.5, 0.6) is 0 Å². The van der Waals surface area contributed by atoms with Gasteiger partial charge in [0.15, 0.2) is 0 Å². The van der Waals surface area contributed by atoms with E-state index < -0.39 is 17.7 Å². The Labute approximate surface area is 128 Å². The normalized spacial score (nSPS) is 10.2. The van der Waals surface area contributed by atoms with Gasteiger partial charge in [-0.3, -0.25) is 4.79 Å². The molecule has 0 atom stereocenters. The van der Waals surface area contributed by atoms with Crippen LogP contribution in [0.1, 0.15) is 20.8 Å². The number of carboxylic acid groups (broad SMARTS) is 1. The van der Waals surface area contributed by atoms with Crippen molar-refractivity contribution >= 4 is 40.8 Å². The van der Waals surface area contributed by atoms with Crippen molar-refractivity contribution in [1.82, 2.24) is 4.98 Å². The van der Waals surface area contributed by atoms with Crippen molar-refractivity contribution in [3.05, 3.63) is 57.6 Å². The zero-order valence-corrected chi connectivity index (χ0v) is 11.7. The number of nitrogens with zero attached hydrogens (tertiary/aromatic N) is 1. The molecule has 0 radical (unpaired) electrons. The fourth-order valence-corrected chi connectivity index (χ4v) is 1.99. The Kier molecular flexibility index (Phi) is 4.40. The van der Waals surface area contributed by atoms with Crippen LogP contribution in [-0.4, -0.2) is 22.0 Å². The molecule has 0 saturated carbocycles. The second-order valence-corrected chi connectivity index (χ2v) is 4.75. The lowest BCUT2D eigenvalue weighted by Gasteiger charge is -2.08. The summed E-state index contributed by atoms with van der Waals surface area (Å²) in [7, 11) is 0. The van der Waals surface area contributed by atoms with Crippen molar-refractivity contribution in [2.75, 3.05) is 5.32 Å². The highest BCUT2D eigenvalue weighted by Gasteiger charge is 2.15. The predicted molar refractivity (Wildman–Crippen MR) is 75.6 cm³/mol. The van der Waals surface area contributed by atoms with Crippen molar-refractivity contribution in [3.63, 3.8) is 0 Å². The molecule has 2 N–H and O–H groups in total. The highest BCUT2D eigenvalue weighted by atomic mass is 35.5. The Morgan fingerprint density at radius 2 is 1.90 bits per heavy atom. The first-order valence-corrected chi connectivity index (χ1v) is 6.29. The molecule has 0 fully saturated rings. The maximum absolute atomic E-state index is 13.4. The van der Waals surface area contributed by atoms with Crippen LogP contribution in [0.4, 0.5) is 10.1 Å². The molecule has 1 heterocycles. The number of hydrogen-bond donors (Lipinski definition) is 2. The van der Waals surface area contributed by atoms with Gasteiger partial charge in [-0.05, 0) is 24.3 Å². The van der Waals surface area contributed by atoms with Crippen LogP contribution in [0, 0.1) is 5.82 Å². The number of carbonyl (C=O) groups is 2. The van der Waals surface area contributed by atoms with Crippen LogP contribution in [0.25, 0.3) is 0 Å². The van der Waals surface area contributed by atoms with E-state index in [2.05, 4.69) is 10.3 Å². The largest absolute Gasteiger partial charge is 0.477 e. The third kappa shape index (κ3) is 3.48. The molecule has 2 aromatic rings. The zero-order valence-electron chi connectivity index (χ0n) is 10.2. The van der Waals surface area contributed by atoms with Gasteiger partial charge in [-0.1, -0.05) is 23.2 Å². The third-order valence-corrected chi connectivity index (χ3v) is 3.09. The summed E-state index contributed by atoms with van der Waals surface area (Å²) < 4.78 is 13.4. The van der Waals surface area contributed by atoms with Crippen LogP contribution in [0.15, 0.2) is 30.5 Å². The number of rotatable bonds is 3. The molecule has 0 aliphatic rings. The molecule has 108 valence electrons. The van der Waals surface area contributed by atoms with Gasteiger partial charge in [0.1, 0.15) is 11.5 Å². The Morgan fingerprint density at radius 1 is 1.19 bits per heavy atom. The average molecular weight is 329 g/mol. The molecule has 1 aromatic carbocycles. The summed E-state index contributed by atoms with van der Waals surface area (Å²) in [4.78, 5) is 26.4. The van der Waals surface area contributed by atoms with Gasteiger partial charge in [-0.25, -0.2) is 14.2 Å². The van der Waals surface area contributed by atoms with E-state index in [4.69, 9.17) is 28.3 Å². The van der Waals surface area contributed by atoms with Gasteiger partial charge in [-0.15, -0.1) is 0 Å². The summed E-state index contributed by atoms with van der Waals surface area (Å²) in [5.41, 5.74) is -0.160. The summed E-state index contributed by atoms with van der Waals surface area (Å²) in [5.74, 6) is -2.72. The first-order valence-electron chi connectivity index (χ1n) is 5.53. The smallest absolute Gasteiger partial charge is 0.354 e. The molecule has 0 aliphatic heterocycles. The molecule has 0 unspecified atom stereocenters. The SMILES string of the molecule is O=C(O)c1cc(NC(=O)c2cc(F)c(Cl)cc2Cl)ccn1. The van der Waals surface area contributed by atoms with E-state index in [1.54, 1.807) is 0 Å². The molecule has 5 nitrogen and oxygen atoms in total. The molecule has 1 amide bonds. The molecule has 0 spiro atoms. The maximum atomic E-state index is 13.4. The van der Waals surface area contributed by atoms with Crippen LogP contribution < -0.4 is 5.32 Å². The van der Waals surface area contributed by atoms with Gasteiger partial charge in [0.05, 0.1) is 15.6 Å². The summed E-state index contributed by atoms with van der Waals surface area (Å²) >= 11 is 11.4. The fraction of sp³-hybridized carbons (Fsp3) is 0. The van der Waals surface area contributed by atoms with E-state index in [-0.39, 0.29) is 27.0 Å². The van der Waals surface area contributed by atoms with Gasteiger partial charge in [0.25, 0.3) is 5.91 Å². The summed E-state index contributed by atoms with van der Waals surface area (Å²) in [6.07, 6.45) is 1.23. The van der Waals surface area contributed by atoms with Gasteiger partial charge >= 0.3 is 5.97 Å². The predicted octanol–water partition coefficient (Wildman–Crippen LogP) is 3.48. The summed E-state index contributed by atoms with van der Waals surface area (Å²) in [5, 5.41) is 11.0. The Hall–Kier alpha value is -2.18. The van der Waals surface area contributed by atoms with E-state index in [0.717, 1.165) is 12.1 Å². The molecular weight excluding hydrogens is 322 g/mol. The quantitative estimate of drug-likeness (QED) is 0.845. The van der Waals surface area contributed by atoms with Crippen LogP contribution >= 0.6 is 23.2 Å². The number of pyridine rings is 1. The van der Waals surface area contributed by atoms with Crippen molar-refractivity contribution in [2.45, 2.75) is 0 Å². The molecule has 0 saturated heterocycles. The van der Waals surface area contributed by atoms with E-state index >= 15 is 0 Å². The Balaban J connectivity index is 2.28. The number of halogens is 3. The number of amides is 1. The van der Waals surface area contributed by atoms with E-state index in [1.165, 1.54) is 18.3 Å². The minimum atomic E-state index is -1.23. The van der Waals surface area contributed by atoms with Crippen LogP contribution in [-0.2, 0) is 0 Å². The van der Waals surface area contributed by atoms with E-state index in [9.17, 15) is 14.0 Å². The first-order chi connectivity index (χ1) is 9.88. The second-order valence-electron chi connectivity index (χ2n) is 3.94. The molecule has 2 rings (SSSR count). The number of aromatic carboxylic acids is 1. The molecule has 8 heteroatoms. The minimum absolute atomic E-state index is 0.0218. The monoisotopic (exact) mass is 328 g/mol. The minimum Gasteiger partial charge on any atom is -0.477 e. The fourth-order valence-electron chi connectivity index (χ4n) is 1.52. The molecular formula is C13H7Cl2FN2O3. The average Bonchev–Trinajstić information content (AvgIpc) is 2.43. The zero-order chi connectivity index (χ0) is 15.6. The molecule has 0 bridgehead atoms. The second kappa shape index (κ2) is 6.07. The number of benzene rings is 1. The lowest BCUT2D eigenvalue weighted by atomic mass is 10.2. The first kappa shape index (κ1) is 15.2. The van der Waals surface area contributed by atoms with Crippen LogP contribution in [0.2, 0.25) is 10.0 Å². The maximum Gasteiger partial charge on any atom is 0.354 e. The Morgan fingerprint density at radius 3 is 2.57 bits per heavy atom. The lowest BCUT2D eigenvalue weighted by molar-refractivity contribution is 0.0690. The van der Waals surface area contributed by atoms with Gasteiger partial charge < -0.3 is 10.4 Å². The number of carboxylic acids is 1. The number of anilines is 1. The number of aromatic nitrogens is 1. The standard InChI is InChI=1S/C13H7Cl2FN2O3/c14-8-5-9(15)10(16)4-7(8)12(19)18-6-1-2-17-11(3-6)13(20)21/h1-5H,(H,20,21)(H,17,18,19). The third-order valence-electron chi connectivity index (χ3n) is 2.49. The van der Waals surface area contributed by atoms with Gasteiger partial charge in [0, 0.05) is 11.9 Å². The van der Waals surface area contributed by atoms with Crippen LogP contribution in [0.3, 0.4) is 0 Å². The highest BCUT2D eigenvalue weighted by molar-refractivity contribution is 6.37. The highest BCUT2D eigenvalue weighted by Crippen LogP contribution is 2.25. The summed E-state index contributed by atoms with van der Waals surface area (Å²) in [6.45, 7) is 0. The molecule has 0 aliphatic carbocycles. The summed E-state index contributed by atoms with van der Waals surface area (Å²) in [6, 6.07) is 4.58. The van der Waals surface area contributed by atoms with Crippen molar-refractivity contribution in [3.8, 4) is 0 Å². The number of nitrogens with one attached hydrogen (secondary N) is 1. The van der Waals surface area contributed by atoms with Gasteiger partial charge in [-0.2, -0.15) is 0 Å². The molecule has 21 heavy (non-hydrogen) atoms. The van der Waals surface area contributed by atoms with Crippen molar-refractivity contribution < 1.29 is 19.1 Å². The number of carbonyl (C=O) groups excluding carboxylic acids is 1. The lowest BCUT2D eigenvalue weighted by Crippen LogP contribution is -2.13. The number of hydrogen-bond acceptors (Lipinski definition) is 3. The Bertz CT molecular complexity index is 737. The topological polar surface area (TPSA) is 79.3 Å². The van der Waals surface area contributed by atoms with E-state index in [0.29, 0.717) is 0 Å². The molecule has 1 aromatic heterocycles. The van der Waals surface area contributed by atoms with Crippen molar-refractivity contribution in [1.29, 1.82) is 0 Å². The van der Waals surface area contributed by atoms with E-state index in [1.807, 2.05) is 0 Å².